The van der Waals surface area contributed by atoms with Gasteiger partial charge in [0.25, 0.3) is 11.7 Å². The van der Waals surface area contributed by atoms with Crippen molar-refractivity contribution in [2.24, 2.45) is 0 Å². The van der Waals surface area contributed by atoms with E-state index >= 15 is 0 Å². The molecular weight excluding hydrogens is 288 g/mol. The van der Waals surface area contributed by atoms with Crippen molar-refractivity contribution in [2.45, 2.75) is 0 Å². The summed E-state index contributed by atoms with van der Waals surface area (Å²) in [4.78, 5) is 23.3. The molecule has 5 heteroatoms. The van der Waals surface area contributed by atoms with E-state index in [1.807, 2.05) is 53.6 Å². The quantitative estimate of drug-likeness (QED) is 0.787. The molecule has 1 aliphatic heterocycles. The summed E-state index contributed by atoms with van der Waals surface area (Å²) < 4.78 is 0. The summed E-state index contributed by atoms with van der Waals surface area (Å²) in [6.45, 7) is 3.15. The molecule has 1 amide bonds. The number of pyridine rings is 1. The fraction of sp³-hybridized carbons (Fsp3) is 0.222. The molecule has 23 heavy (non-hydrogen) atoms. The summed E-state index contributed by atoms with van der Waals surface area (Å²) in [7, 11) is 0. The third-order valence-electron chi connectivity index (χ3n) is 4.36. The molecule has 0 atom stereocenters. The maximum atomic E-state index is 12.7. The molecule has 0 aliphatic carbocycles. The van der Waals surface area contributed by atoms with Gasteiger partial charge in [-0.25, -0.2) is 4.98 Å². The number of hydrogen-bond donors (Lipinski definition) is 1. The lowest BCUT2D eigenvalue weighted by Gasteiger charge is -2.30. The average molecular weight is 307 g/mol. The molecule has 0 radical (unpaired) electrons. The molecule has 0 saturated carbocycles. The van der Waals surface area contributed by atoms with Crippen LogP contribution in [-0.2, 0) is 0 Å². The Morgan fingerprint density at radius 3 is 2.52 bits per heavy atom. The molecular formula is C18H19N4O+. The number of aromatic amines is 2. The van der Waals surface area contributed by atoms with Crippen molar-refractivity contribution in [3.63, 3.8) is 0 Å². The molecule has 0 bridgehead atoms. The zero-order chi connectivity index (χ0) is 15.6. The van der Waals surface area contributed by atoms with Gasteiger partial charge in [-0.15, -0.1) is 0 Å². The van der Waals surface area contributed by atoms with Crippen LogP contribution in [0.25, 0.3) is 10.9 Å². The summed E-state index contributed by atoms with van der Waals surface area (Å²) >= 11 is 0. The topological polar surface area (TPSA) is 53.5 Å². The second kappa shape index (κ2) is 5.76. The number of piperazine rings is 1. The van der Waals surface area contributed by atoms with Gasteiger partial charge in [-0.1, -0.05) is 24.3 Å². The van der Waals surface area contributed by atoms with Gasteiger partial charge in [0.05, 0.1) is 19.3 Å². The van der Waals surface area contributed by atoms with E-state index in [2.05, 4.69) is 20.9 Å². The minimum Gasteiger partial charge on any atom is -0.351 e. The van der Waals surface area contributed by atoms with Gasteiger partial charge in [0.1, 0.15) is 18.8 Å². The van der Waals surface area contributed by atoms with Crippen LogP contribution in [0.1, 0.15) is 10.5 Å². The highest BCUT2D eigenvalue weighted by atomic mass is 16.2. The standard InChI is InChI=1S/C18H18N4O/c23-18(16-13-14-5-1-2-6-15(14)20-16)22-11-9-21(10-12-22)17-7-3-4-8-19-17/h1-8,13,20H,9-12H2/p+1. The number of para-hydroxylation sites is 1. The molecule has 3 heterocycles. The number of nitrogens with one attached hydrogen (secondary N) is 2. The minimum absolute atomic E-state index is 0.0814. The van der Waals surface area contributed by atoms with Crippen LogP contribution >= 0.6 is 0 Å². The zero-order valence-electron chi connectivity index (χ0n) is 12.8. The van der Waals surface area contributed by atoms with Crippen molar-refractivity contribution >= 4 is 22.6 Å². The average Bonchev–Trinajstić information content (AvgIpc) is 3.06. The second-order valence-corrected chi connectivity index (χ2v) is 5.80. The maximum Gasteiger partial charge on any atom is 0.274 e. The highest BCUT2D eigenvalue weighted by molar-refractivity contribution is 5.98. The molecule has 2 N–H and O–H groups in total. The lowest BCUT2D eigenvalue weighted by molar-refractivity contribution is -0.364. The number of hydrogen-bond acceptors (Lipinski definition) is 2. The van der Waals surface area contributed by atoms with Crippen LogP contribution in [0, 0.1) is 0 Å². The number of carbonyl (C=O) groups is 1. The van der Waals surface area contributed by atoms with Crippen LogP contribution in [0.2, 0.25) is 0 Å². The highest BCUT2D eigenvalue weighted by Gasteiger charge is 2.27. The fourth-order valence-corrected chi connectivity index (χ4v) is 3.09. The summed E-state index contributed by atoms with van der Waals surface area (Å²) in [6, 6.07) is 16.0. The Balaban J connectivity index is 1.46. The van der Waals surface area contributed by atoms with Crippen LogP contribution in [0.5, 0.6) is 0 Å². The highest BCUT2D eigenvalue weighted by Crippen LogP contribution is 2.17. The molecule has 116 valence electrons. The van der Waals surface area contributed by atoms with Crippen LogP contribution < -0.4 is 9.88 Å². The van der Waals surface area contributed by atoms with Crippen LogP contribution in [-0.4, -0.2) is 42.0 Å². The number of rotatable bonds is 2. The molecule has 1 fully saturated rings. The second-order valence-electron chi connectivity index (χ2n) is 5.80. The van der Waals surface area contributed by atoms with Crippen molar-refractivity contribution in [1.29, 1.82) is 0 Å². The first-order valence-corrected chi connectivity index (χ1v) is 7.90. The number of H-pyrrole nitrogens is 2. The van der Waals surface area contributed by atoms with E-state index in [9.17, 15) is 4.79 Å². The van der Waals surface area contributed by atoms with E-state index < -0.39 is 0 Å². The van der Waals surface area contributed by atoms with Crippen LogP contribution in [0.3, 0.4) is 0 Å². The molecule has 0 spiro atoms. The van der Waals surface area contributed by atoms with Gasteiger partial charge in [-0.2, -0.15) is 0 Å². The Kier molecular flexibility index (Phi) is 3.46. The number of amides is 1. The Bertz CT molecular complexity index is 786. The lowest BCUT2D eigenvalue weighted by atomic mass is 10.2. The van der Waals surface area contributed by atoms with E-state index in [1.54, 1.807) is 0 Å². The van der Waals surface area contributed by atoms with Crippen molar-refractivity contribution in [1.82, 2.24) is 9.88 Å². The number of benzene rings is 1. The van der Waals surface area contributed by atoms with Gasteiger partial charge in [-0.05, 0) is 18.2 Å². The maximum absolute atomic E-state index is 12.7. The van der Waals surface area contributed by atoms with Gasteiger partial charge in [-0.3, -0.25) is 9.69 Å². The number of fused-ring (bicyclic) bond motifs is 1. The Morgan fingerprint density at radius 1 is 1.00 bits per heavy atom. The molecule has 4 rings (SSSR count). The van der Waals surface area contributed by atoms with Crippen LogP contribution in [0.4, 0.5) is 5.82 Å². The monoisotopic (exact) mass is 307 g/mol. The summed E-state index contributed by atoms with van der Waals surface area (Å²) in [5, 5.41) is 1.08. The Labute approximate surface area is 134 Å². The largest absolute Gasteiger partial charge is 0.351 e. The summed E-state index contributed by atoms with van der Waals surface area (Å²) in [5.74, 6) is 1.18. The summed E-state index contributed by atoms with van der Waals surface area (Å²) in [5.41, 5.74) is 1.68. The molecule has 2 aromatic heterocycles. The van der Waals surface area contributed by atoms with E-state index in [0.717, 1.165) is 42.9 Å². The van der Waals surface area contributed by atoms with Crippen molar-refractivity contribution in [3.8, 4) is 0 Å². The molecule has 1 aliphatic rings. The smallest absolute Gasteiger partial charge is 0.274 e. The minimum atomic E-state index is 0.0814. The van der Waals surface area contributed by atoms with E-state index in [1.165, 1.54) is 0 Å². The molecule has 1 saturated heterocycles. The van der Waals surface area contributed by atoms with E-state index in [-0.39, 0.29) is 5.91 Å². The van der Waals surface area contributed by atoms with Crippen molar-refractivity contribution in [3.05, 3.63) is 60.4 Å². The molecule has 3 aromatic rings. The predicted molar refractivity (Wildman–Crippen MR) is 89.4 cm³/mol. The van der Waals surface area contributed by atoms with Gasteiger partial charge >= 0.3 is 0 Å². The van der Waals surface area contributed by atoms with E-state index in [4.69, 9.17) is 0 Å². The van der Waals surface area contributed by atoms with Gasteiger partial charge in [0.15, 0.2) is 0 Å². The van der Waals surface area contributed by atoms with Gasteiger partial charge in [0.2, 0.25) is 0 Å². The van der Waals surface area contributed by atoms with E-state index in [0.29, 0.717) is 5.69 Å². The van der Waals surface area contributed by atoms with Crippen molar-refractivity contribution < 1.29 is 9.78 Å². The fourth-order valence-electron chi connectivity index (χ4n) is 3.09. The first-order valence-electron chi connectivity index (χ1n) is 7.90. The number of aromatic nitrogens is 2. The van der Waals surface area contributed by atoms with Crippen molar-refractivity contribution in [2.75, 3.05) is 31.1 Å². The molecule has 0 unspecified atom stereocenters. The predicted octanol–water partition coefficient (Wildman–Crippen LogP) is 1.94. The third kappa shape index (κ3) is 2.65. The normalized spacial score (nSPS) is 15.1. The zero-order valence-corrected chi connectivity index (χ0v) is 12.8. The third-order valence-corrected chi connectivity index (χ3v) is 4.36. The molecule has 1 aromatic carbocycles. The SMILES string of the molecule is O=C(c1cc2ccccc2[nH]1)N1CCN(c2cccc[nH+]2)CC1. The lowest BCUT2D eigenvalue weighted by Crippen LogP contribution is -2.50. The number of nitrogens with zero attached hydrogens (tertiary/aromatic N) is 2. The van der Waals surface area contributed by atoms with Gasteiger partial charge < -0.3 is 9.88 Å². The Hall–Kier alpha value is -2.82. The van der Waals surface area contributed by atoms with Crippen LogP contribution in [0.15, 0.2) is 54.7 Å². The number of carbonyl (C=O) groups excluding carboxylic acids is 1. The Morgan fingerprint density at radius 2 is 1.78 bits per heavy atom. The first-order chi connectivity index (χ1) is 11.3. The number of anilines is 1. The summed E-state index contributed by atoms with van der Waals surface area (Å²) in [6.07, 6.45) is 1.93. The molecule has 5 nitrogen and oxygen atoms in total. The van der Waals surface area contributed by atoms with Gasteiger partial charge in [0, 0.05) is 17.0 Å². The first kappa shape index (κ1) is 13.8.